The van der Waals surface area contributed by atoms with E-state index in [1.54, 1.807) is 0 Å². The van der Waals surface area contributed by atoms with E-state index in [1.807, 2.05) is 0 Å². The minimum absolute atomic E-state index is 0.630. The number of terminal acetylenes is 1. The van der Waals surface area contributed by atoms with Gasteiger partial charge in [-0.1, -0.05) is 0 Å². The van der Waals surface area contributed by atoms with Gasteiger partial charge in [-0.05, 0) is 52.2 Å². The second-order valence-electron chi connectivity index (χ2n) is 4.72. The Labute approximate surface area is 94.4 Å². The summed E-state index contributed by atoms with van der Waals surface area (Å²) in [5.41, 5.74) is 0. The maximum Gasteiger partial charge on any atom is 0.00981 e. The lowest BCUT2D eigenvalue weighted by molar-refractivity contribution is 0.179. The van der Waals surface area contributed by atoms with Crippen molar-refractivity contribution in [2.24, 2.45) is 5.92 Å². The standard InChI is InChI=1S/C13H24N2/c1-4-5-6-9-14-12(2)13-8-7-10-15(3)11-13/h1,12-14H,5-11H2,2-3H3. The lowest BCUT2D eigenvalue weighted by Crippen LogP contribution is -2.43. The van der Waals surface area contributed by atoms with Crippen LogP contribution in [-0.4, -0.2) is 37.6 Å². The lowest BCUT2D eigenvalue weighted by Gasteiger charge is -2.34. The molecule has 0 bridgehead atoms. The maximum absolute atomic E-state index is 5.22. The monoisotopic (exact) mass is 208 g/mol. The zero-order chi connectivity index (χ0) is 11.1. The van der Waals surface area contributed by atoms with E-state index in [4.69, 9.17) is 6.42 Å². The quantitative estimate of drug-likeness (QED) is 0.547. The first-order chi connectivity index (χ1) is 7.24. The fourth-order valence-corrected chi connectivity index (χ4v) is 2.30. The topological polar surface area (TPSA) is 15.3 Å². The molecule has 1 saturated heterocycles. The molecule has 2 atom stereocenters. The van der Waals surface area contributed by atoms with E-state index in [2.05, 4.69) is 30.1 Å². The van der Waals surface area contributed by atoms with Crippen molar-refractivity contribution in [3.63, 3.8) is 0 Å². The van der Waals surface area contributed by atoms with Crippen molar-refractivity contribution in [1.82, 2.24) is 10.2 Å². The van der Waals surface area contributed by atoms with Crippen molar-refractivity contribution in [3.05, 3.63) is 0 Å². The molecular formula is C13H24N2. The fraction of sp³-hybridized carbons (Fsp3) is 0.846. The van der Waals surface area contributed by atoms with Crippen molar-refractivity contribution in [2.45, 2.75) is 38.6 Å². The van der Waals surface area contributed by atoms with Gasteiger partial charge in [0.1, 0.15) is 0 Å². The Morgan fingerprint density at radius 2 is 2.40 bits per heavy atom. The maximum atomic E-state index is 5.22. The molecule has 2 nitrogen and oxygen atoms in total. The first-order valence-electron chi connectivity index (χ1n) is 6.09. The number of nitrogens with one attached hydrogen (secondary N) is 1. The molecule has 0 aromatic heterocycles. The van der Waals surface area contributed by atoms with Crippen LogP contribution in [0, 0.1) is 18.3 Å². The summed E-state index contributed by atoms with van der Waals surface area (Å²) >= 11 is 0. The number of hydrogen-bond donors (Lipinski definition) is 1. The van der Waals surface area contributed by atoms with Gasteiger partial charge in [-0.15, -0.1) is 12.3 Å². The normalized spacial score (nSPS) is 24.7. The highest BCUT2D eigenvalue weighted by atomic mass is 15.1. The van der Waals surface area contributed by atoms with E-state index in [9.17, 15) is 0 Å². The van der Waals surface area contributed by atoms with Gasteiger partial charge in [0.2, 0.25) is 0 Å². The highest BCUT2D eigenvalue weighted by Gasteiger charge is 2.21. The number of nitrogens with zero attached hydrogens (tertiary/aromatic N) is 1. The molecule has 0 amide bonds. The number of piperidine rings is 1. The summed E-state index contributed by atoms with van der Waals surface area (Å²) < 4.78 is 0. The summed E-state index contributed by atoms with van der Waals surface area (Å²) in [7, 11) is 2.22. The molecule has 0 aromatic rings. The van der Waals surface area contributed by atoms with Crippen LogP contribution < -0.4 is 5.32 Å². The summed E-state index contributed by atoms with van der Waals surface area (Å²) in [6, 6.07) is 0.630. The van der Waals surface area contributed by atoms with Crippen LogP contribution in [0.4, 0.5) is 0 Å². The predicted molar refractivity (Wildman–Crippen MR) is 65.8 cm³/mol. The van der Waals surface area contributed by atoms with Crippen molar-refractivity contribution in [2.75, 3.05) is 26.7 Å². The number of likely N-dealkylation sites (tertiary alicyclic amines) is 1. The van der Waals surface area contributed by atoms with Crippen LogP contribution in [0.2, 0.25) is 0 Å². The molecule has 86 valence electrons. The van der Waals surface area contributed by atoms with Crippen molar-refractivity contribution < 1.29 is 0 Å². The number of rotatable bonds is 5. The average molecular weight is 208 g/mol. The zero-order valence-electron chi connectivity index (χ0n) is 10.1. The van der Waals surface area contributed by atoms with Crippen LogP contribution in [0.15, 0.2) is 0 Å². The molecule has 1 heterocycles. The highest BCUT2D eigenvalue weighted by Crippen LogP contribution is 2.18. The van der Waals surface area contributed by atoms with Gasteiger partial charge in [0.25, 0.3) is 0 Å². The van der Waals surface area contributed by atoms with Gasteiger partial charge in [0, 0.05) is 19.0 Å². The molecule has 0 radical (unpaired) electrons. The molecule has 1 rings (SSSR count). The molecule has 1 aliphatic heterocycles. The molecule has 1 fully saturated rings. The second-order valence-corrected chi connectivity index (χ2v) is 4.72. The first kappa shape index (κ1) is 12.5. The Balaban J connectivity index is 2.15. The van der Waals surface area contributed by atoms with Crippen molar-refractivity contribution in [1.29, 1.82) is 0 Å². The van der Waals surface area contributed by atoms with Crippen molar-refractivity contribution >= 4 is 0 Å². The third-order valence-corrected chi connectivity index (χ3v) is 3.33. The minimum Gasteiger partial charge on any atom is -0.314 e. The van der Waals surface area contributed by atoms with Crippen LogP contribution in [0.5, 0.6) is 0 Å². The van der Waals surface area contributed by atoms with Gasteiger partial charge >= 0.3 is 0 Å². The Morgan fingerprint density at radius 1 is 1.60 bits per heavy atom. The molecule has 2 unspecified atom stereocenters. The Morgan fingerprint density at radius 3 is 3.07 bits per heavy atom. The Bertz CT molecular complexity index is 207. The van der Waals surface area contributed by atoms with E-state index in [0.29, 0.717) is 6.04 Å². The van der Waals surface area contributed by atoms with E-state index >= 15 is 0 Å². The van der Waals surface area contributed by atoms with Gasteiger partial charge < -0.3 is 10.2 Å². The molecular weight excluding hydrogens is 184 g/mol. The number of hydrogen-bond acceptors (Lipinski definition) is 2. The Kier molecular flexibility index (Phi) is 5.75. The van der Waals surface area contributed by atoms with E-state index in [1.165, 1.54) is 25.9 Å². The summed E-state index contributed by atoms with van der Waals surface area (Å²) in [6.07, 6.45) is 9.93. The summed E-state index contributed by atoms with van der Waals surface area (Å²) in [4.78, 5) is 2.44. The third-order valence-electron chi connectivity index (χ3n) is 3.33. The fourth-order valence-electron chi connectivity index (χ4n) is 2.30. The smallest absolute Gasteiger partial charge is 0.00981 e. The van der Waals surface area contributed by atoms with E-state index in [0.717, 1.165) is 25.3 Å². The molecule has 0 aromatic carbocycles. The van der Waals surface area contributed by atoms with Crippen LogP contribution in [0.1, 0.15) is 32.6 Å². The van der Waals surface area contributed by atoms with Gasteiger partial charge in [-0.3, -0.25) is 0 Å². The summed E-state index contributed by atoms with van der Waals surface area (Å²) in [6.45, 7) is 5.87. The SMILES string of the molecule is C#CCCCNC(C)C1CCCN(C)C1. The molecule has 1 N–H and O–H groups in total. The average Bonchev–Trinajstić information content (AvgIpc) is 2.24. The minimum atomic E-state index is 0.630. The van der Waals surface area contributed by atoms with Crippen LogP contribution in [0.3, 0.4) is 0 Å². The lowest BCUT2D eigenvalue weighted by atomic mass is 9.92. The van der Waals surface area contributed by atoms with Gasteiger partial charge in [-0.25, -0.2) is 0 Å². The summed E-state index contributed by atoms with van der Waals surface area (Å²) in [5.74, 6) is 3.49. The number of unbranched alkanes of at least 4 members (excludes halogenated alkanes) is 1. The molecule has 15 heavy (non-hydrogen) atoms. The van der Waals surface area contributed by atoms with Gasteiger partial charge in [-0.2, -0.15) is 0 Å². The van der Waals surface area contributed by atoms with E-state index in [-0.39, 0.29) is 0 Å². The Hall–Kier alpha value is -0.520. The van der Waals surface area contributed by atoms with Gasteiger partial charge in [0.05, 0.1) is 0 Å². The van der Waals surface area contributed by atoms with E-state index < -0.39 is 0 Å². The second kappa shape index (κ2) is 6.87. The molecule has 2 heteroatoms. The zero-order valence-corrected chi connectivity index (χ0v) is 10.1. The molecule has 0 aliphatic carbocycles. The largest absolute Gasteiger partial charge is 0.314 e. The van der Waals surface area contributed by atoms with Crippen LogP contribution in [0.25, 0.3) is 0 Å². The summed E-state index contributed by atoms with van der Waals surface area (Å²) in [5, 5.41) is 3.59. The first-order valence-corrected chi connectivity index (χ1v) is 6.09. The molecule has 0 spiro atoms. The molecule has 1 aliphatic rings. The van der Waals surface area contributed by atoms with Crippen molar-refractivity contribution in [3.8, 4) is 12.3 Å². The van der Waals surface area contributed by atoms with Crippen LogP contribution in [-0.2, 0) is 0 Å². The highest BCUT2D eigenvalue weighted by molar-refractivity contribution is 4.84. The molecule has 0 saturated carbocycles. The predicted octanol–water partition coefficient (Wildman–Crippen LogP) is 1.72. The van der Waals surface area contributed by atoms with Gasteiger partial charge in [0.15, 0.2) is 0 Å². The third kappa shape index (κ3) is 4.68. The van der Waals surface area contributed by atoms with Crippen LogP contribution >= 0.6 is 0 Å².